The van der Waals surface area contributed by atoms with Crippen LogP contribution in [0.3, 0.4) is 0 Å². The fourth-order valence-corrected chi connectivity index (χ4v) is 4.85. The zero-order valence-electron chi connectivity index (χ0n) is 20.8. The van der Waals surface area contributed by atoms with E-state index in [1.807, 2.05) is 13.0 Å². The number of aromatic nitrogens is 2. The Bertz CT molecular complexity index is 1270. The average Bonchev–Trinajstić information content (AvgIpc) is 3.07. The fourth-order valence-electron chi connectivity index (χ4n) is 4.85. The number of nitrogens with zero attached hydrogens (tertiary/aromatic N) is 2. The van der Waals surface area contributed by atoms with Gasteiger partial charge in [0, 0.05) is 5.56 Å². The third-order valence-corrected chi connectivity index (χ3v) is 6.57. The van der Waals surface area contributed by atoms with Crippen LogP contribution in [0, 0.1) is 12.7 Å². The van der Waals surface area contributed by atoms with Gasteiger partial charge in [-0.15, -0.1) is 0 Å². The first-order valence-corrected chi connectivity index (χ1v) is 11.7. The lowest BCUT2D eigenvalue weighted by molar-refractivity contribution is -0.659. The van der Waals surface area contributed by atoms with Gasteiger partial charge in [0.05, 0.1) is 19.7 Å². The average molecular weight is 442 g/mol. The smallest absolute Gasteiger partial charge is 0.232 e. The molecule has 0 saturated carbocycles. The van der Waals surface area contributed by atoms with Crippen LogP contribution in [0.1, 0.15) is 56.2 Å². The van der Waals surface area contributed by atoms with Crippen LogP contribution in [-0.4, -0.2) is 4.57 Å². The molecule has 3 aromatic carbocycles. The molecule has 1 aromatic heterocycles. The summed E-state index contributed by atoms with van der Waals surface area (Å²) in [5.74, 6) is 1.61. The van der Waals surface area contributed by atoms with Gasteiger partial charge in [-0.3, -0.25) is 0 Å². The van der Waals surface area contributed by atoms with E-state index in [-0.39, 0.29) is 5.82 Å². The molecule has 2 nitrogen and oxygen atoms in total. The van der Waals surface area contributed by atoms with Crippen molar-refractivity contribution in [1.29, 1.82) is 0 Å². The summed E-state index contributed by atoms with van der Waals surface area (Å²) in [5.41, 5.74) is 9.68. The molecule has 0 fully saturated rings. The quantitative estimate of drug-likeness (QED) is 0.283. The highest BCUT2D eigenvalue weighted by atomic mass is 19.1. The van der Waals surface area contributed by atoms with E-state index >= 15 is 0 Å². The van der Waals surface area contributed by atoms with Crippen LogP contribution in [0.5, 0.6) is 0 Å². The summed E-state index contributed by atoms with van der Waals surface area (Å²) in [6.45, 7) is 11.0. The first-order valence-electron chi connectivity index (χ1n) is 11.7. The van der Waals surface area contributed by atoms with Crippen LogP contribution in [0.4, 0.5) is 4.39 Å². The first-order chi connectivity index (χ1) is 15.7. The summed E-state index contributed by atoms with van der Waals surface area (Å²) in [5, 5.41) is 0. The lowest BCUT2D eigenvalue weighted by Crippen LogP contribution is -2.29. The Balaban J connectivity index is 1.99. The van der Waals surface area contributed by atoms with Gasteiger partial charge >= 0.3 is 0 Å². The lowest BCUT2D eigenvalue weighted by atomic mass is 9.84. The molecule has 170 valence electrons. The van der Waals surface area contributed by atoms with Gasteiger partial charge in [-0.05, 0) is 64.8 Å². The Morgan fingerprint density at radius 1 is 0.818 bits per heavy atom. The SMILES string of the molecule is Cc1cc(F)ccc1-c1n(C)c(-c2c(C(C)C)cc(-c3ccccc3)cc2C(C)C)c[n+]1C. The van der Waals surface area contributed by atoms with E-state index in [0.717, 1.165) is 17.0 Å². The van der Waals surface area contributed by atoms with Gasteiger partial charge in [-0.25, -0.2) is 13.5 Å². The number of hydrogen-bond donors (Lipinski definition) is 0. The van der Waals surface area contributed by atoms with Gasteiger partial charge in [0.2, 0.25) is 0 Å². The summed E-state index contributed by atoms with van der Waals surface area (Å²) in [6.07, 6.45) is 2.22. The summed E-state index contributed by atoms with van der Waals surface area (Å²) in [7, 11) is 4.19. The van der Waals surface area contributed by atoms with Crippen molar-refractivity contribution in [3.05, 3.63) is 89.4 Å². The number of benzene rings is 3. The molecule has 0 bridgehead atoms. The first kappa shape index (κ1) is 23.0. The van der Waals surface area contributed by atoms with Gasteiger partial charge in [-0.1, -0.05) is 70.2 Å². The molecule has 3 heteroatoms. The van der Waals surface area contributed by atoms with E-state index in [4.69, 9.17) is 0 Å². The van der Waals surface area contributed by atoms with Gasteiger partial charge in [0.25, 0.3) is 5.82 Å². The molecule has 0 N–H and O–H groups in total. The zero-order chi connectivity index (χ0) is 23.9. The minimum atomic E-state index is -0.200. The highest BCUT2D eigenvalue weighted by Crippen LogP contribution is 2.40. The Hall–Kier alpha value is -3.20. The Morgan fingerprint density at radius 3 is 1.97 bits per heavy atom. The summed E-state index contributed by atoms with van der Waals surface area (Å²) in [6, 6.07) is 20.4. The van der Waals surface area contributed by atoms with Crippen molar-refractivity contribution < 1.29 is 8.96 Å². The second-order valence-corrected chi connectivity index (χ2v) is 9.67. The van der Waals surface area contributed by atoms with Crippen molar-refractivity contribution >= 4 is 0 Å². The number of halogens is 1. The third kappa shape index (κ3) is 4.25. The molecule has 1 heterocycles. The van der Waals surface area contributed by atoms with Crippen molar-refractivity contribution in [3.63, 3.8) is 0 Å². The van der Waals surface area contributed by atoms with Crippen molar-refractivity contribution in [2.24, 2.45) is 14.1 Å². The number of rotatable bonds is 5. The molecule has 0 amide bonds. The second-order valence-electron chi connectivity index (χ2n) is 9.67. The lowest BCUT2D eigenvalue weighted by Gasteiger charge is -2.20. The maximum absolute atomic E-state index is 13.8. The summed E-state index contributed by atoms with van der Waals surface area (Å²) < 4.78 is 18.2. The molecule has 0 atom stereocenters. The van der Waals surface area contributed by atoms with Gasteiger partial charge < -0.3 is 0 Å². The van der Waals surface area contributed by atoms with E-state index in [1.165, 1.54) is 33.5 Å². The van der Waals surface area contributed by atoms with Crippen LogP contribution in [0.25, 0.3) is 33.8 Å². The van der Waals surface area contributed by atoms with Gasteiger partial charge in [0.1, 0.15) is 12.0 Å². The Kier molecular flexibility index (Phi) is 6.25. The van der Waals surface area contributed by atoms with Crippen molar-refractivity contribution in [1.82, 2.24) is 4.57 Å². The highest BCUT2D eigenvalue weighted by molar-refractivity contribution is 5.77. The van der Waals surface area contributed by atoms with Gasteiger partial charge in [-0.2, -0.15) is 0 Å². The largest absolute Gasteiger partial charge is 0.289 e. The maximum atomic E-state index is 13.8. The van der Waals surface area contributed by atoms with E-state index in [0.29, 0.717) is 11.8 Å². The maximum Gasteiger partial charge on any atom is 0.289 e. The normalized spacial score (nSPS) is 11.6. The highest BCUT2D eigenvalue weighted by Gasteiger charge is 2.28. The summed E-state index contributed by atoms with van der Waals surface area (Å²) in [4.78, 5) is 0. The molecule has 33 heavy (non-hydrogen) atoms. The minimum absolute atomic E-state index is 0.200. The predicted molar refractivity (Wildman–Crippen MR) is 136 cm³/mol. The molecule has 4 aromatic rings. The molecular formula is C30H34FN2+. The molecule has 0 radical (unpaired) electrons. The van der Waals surface area contributed by atoms with Crippen LogP contribution >= 0.6 is 0 Å². The van der Waals surface area contributed by atoms with Crippen LogP contribution in [-0.2, 0) is 14.1 Å². The molecule has 0 aliphatic carbocycles. The van der Waals surface area contributed by atoms with E-state index in [9.17, 15) is 4.39 Å². The minimum Gasteiger partial charge on any atom is -0.232 e. The topological polar surface area (TPSA) is 8.81 Å². The number of hydrogen-bond acceptors (Lipinski definition) is 0. The molecule has 0 aliphatic heterocycles. The Labute approximate surface area is 197 Å². The molecular weight excluding hydrogens is 407 g/mol. The van der Waals surface area contributed by atoms with Crippen molar-refractivity contribution in [3.8, 4) is 33.8 Å². The fraction of sp³-hybridized carbons (Fsp3) is 0.300. The van der Waals surface area contributed by atoms with Crippen LogP contribution in [0.15, 0.2) is 66.9 Å². The molecule has 0 unspecified atom stereocenters. The van der Waals surface area contributed by atoms with Crippen LogP contribution in [0.2, 0.25) is 0 Å². The van der Waals surface area contributed by atoms with E-state index in [2.05, 4.69) is 99.6 Å². The Morgan fingerprint density at radius 2 is 1.42 bits per heavy atom. The molecule has 4 rings (SSSR count). The molecule has 0 aliphatic rings. The predicted octanol–water partition coefficient (Wildman–Crippen LogP) is 7.54. The summed E-state index contributed by atoms with van der Waals surface area (Å²) >= 11 is 0. The zero-order valence-corrected chi connectivity index (χ0v) is 20.8. The monoisotopic (exact) mass is 441 g/mol. The number of imidazole rings is 1. The van der Waals surface area contributed by atoms with Crippen LogP contribution < -0.4 is 4.57 Å². The second kappa shape index (κ2) is 8.97. The molecule has 0 saturated heterocycles. The third-order valence-electron chi connectivity index (χ3n) is 6.57. The van der Waals surface area contributed by atoms with Crippen molar-refractivity contribution in [2.75, 3.05) is 0 Å². The van der Waals surface area contributed by atoms with E-state index in [1.54, 1.807) is 12.1 Å². The van der Waals surface area contributed by atoms with E-state index < -0.39 is 0 Å². The number of aryl methyl sites for hydroxylation is 2. The standard InChI is InChI=1S/C30H34FN2/c1-19(2)26-16-23(22-11-9-8-10-12-22)17-27(20(3)4)29(26)28-18-32(6)30(33(28)7)25-14-13-24(31)15-21(25)5/h8-20H,1-7H3/q+1. The van der Waals surface area contributed by atoms with Crippen molar-refractivity contribution in [2.45, 2.75) is 46.5 Å². The van der Waals surface area contributed by atoms with Gasteiger partial charge in [0.15, 0.2) is 5.69 Å². The molecule has 0 spiro atoms.